The van der Waals surface area contributed by atoms with Crippen molar-refractivity contribution in [1.82, 2.24) is 14.9 Å². The molecule has 0 amide bonds. The summed E-state index contributed by atoms with van der Waals surface area (Å²) in [7, 11) is -3.19. The van der Waals surface area contributed by atoms with E-state index in [4.69, 9.17) is 4.74 Å². The summed E-state index contributed by atoms with van der Waals surface area (Å²) in [4.78, 5) is 10.0. The molecule has 1 aromatic carbocycles. The molecule has 3 heterocycles. The highest BCUT2D eigenvalue weighted by Gasteiger charge is 2.61. The Morgan fingerprint density at radius 2 is 1.92 bits per heavy atom. The fraction of sp³-hybridized carbons (Fsp3) is 0.444. The third-order valence-electron chi connectivity index (χ3n) is 5.39. The van der Waals surface area contributed by atoms with E-state index in [0.29, 0.717) is 31.6 Å². The fourth-order valence-corrected chi connectivity index (χ4v) is 6.39. The molecule has 1 atom stereocenters. The molecular formula is C18H20FN3O3S. The molecule has 138 valence electrons. The molecule has 4 rings (SSSR count). The maximum atomic E-state index is 13.8. The molecule has 8 heteroatoms. The molecule has 1 aromatic heterocycles. The predicted molar refractivity (Wildman–Crippen MR) is 93.8 cm³/mol. The number of ether oxygens (including phenoxy) is 1. The number of sulfone groups is 1. The predicted octanol–water partition coefficient (Wildman–Crippen LogP) is 1.68. The Kier molecular flexibility index (Phi) is 4.40. The molecule has 2 aliphatic heterocycles. The molecular weight excluding hydrogens is 357 g/mol. The van der Waals surface area contributed by atoms with E-state index in [1.807, 2.05) is 4.90 Å². The minimum Gasteiger partial charge on any atom is -0.463 e. The molecule has 0 saturated carbocycles. The van der Waals surface area contributed by atoms with Crippen molar-refractivity contribution in [2.75, 3.05) is 25.4 Å². The largest absolute Gasteiger partial charge is 0.463 e. The van der Waals surface area contributed by atoms with Gasteiger partial charge in [-0.1, -0.05) is 18.2 Å². The zero-order valence-electron chi connectivity index (χ0n) is 14.2. The summed E-state index contributed by atoms with van der Waals surface area (Å²) >= 11 is 0. The average molecular weight is 377 g/mol. The molecule has 2 aromatic rings. The van der Waals surface area contributed by atoms with Gasteiger partial charge in [0.25, 0.3) is 0 Å². The van der Waals surface area contributed by atoms with E-state index in [9.17, 15) is 12.8 Å². The van der Waals surface area contributed by atoms with Crippen LogP contribution in [0.3, 0.4) is 0 Å². The van der Waals surface area contributed by atoms with Gasteiger partial charge in [0.1, 0.15) is 10.6 Å². The van der Waals surface area contributed by atoms with Gasteiger partial charge in [0.15, 0.2) is 9.84 Å². The number of rotatable bonds is 5. The lowest BCUT2D eigenvalue weighted by Gasteiger charge is -2.50. The lowest BCUT2D eigenvalue weighted by atomic mass is 9.83. The van der Waals surface area contributed by atoms with Crippen molar-refractivity contribution >= 4 is 9.84 Å². The van der Waals surface area contributed by atoms with Crippen molar-refractivity contribution < 1.29 is 17.5 Å². The minimum absolute atomic E-state index is 0.104. The van der Waals surface area contributed by atoms with Crippen molar-refractivity contribution in [2.24, 2.45) is 5.92 Å². The van der Waals surface area contributed by atoms with Gasteiger partial charge >= 0.3 is 6.01 Å². The molecule has 1 spiro atoms. The standard InChI is InChI=1S/C18H20FN3O3S/c19-16-5-2-1-4-14(16)10-22-12-18(13-22)15(6-9-26(18,23)24)11-25-17-20-7-3-8-21-17/h1-5,7-8,15H,6,9-13H2/t15-/m1/s1. The molecule has 0 unspecified atom stereocenters. The van der Waals surface area contributed by atoms with Crippen LogP contribution in [0, 0.1) is 11.7 Å². The first kappa shape index (κ1) is 17.4. The molecule has 2 aliphatic rings. The van der Waals surface area contributed by atoms with Crippen LogP contribution in [0.5, 0.6) is 6.01 Å². The number of benzene rings is 1. The van der Waals surface area contributed by atoms with E-state index in [0.717, 1.165) is 0 Å². The molecule has 0 radical (unpaired) electrons. The van der Waals surface area contributed by atoms with Gasteiger partial charge in [0.05, 0.1) is 12.4 Å². The SMILES string of the molecule is O=S1(=O)CC[C@H](COc2ncccn2)C12CN(Cc1ccccc1F)C2. The number of hydrogen-bond donors (Lipinski definition) is 0. The van der Waals surface area contributed by atoms with E-state index in [1.165, 1.54) is 6.07 Å². The first-order valence-electron chi connectivity index (χ1n) is 8.58. The third kappa shape index (κ3) is 2.97. The second-order valence-corrected chi connectivity index (χ2v) is 9.40. The normalized spacial score (nSPS) is 23.7. The molecule has 6 nitrogen and oxygen atoms in total. The Morgan fingerprint density at radius 3 is 2.65 bits per heavy atom. The van der Waals surface area contributed by atoms with Crippen molar-refractivity contribution in [3.63, 3.8) is 0 Å². The molecule has 0 aliphatic carbocycles. The average Bonchev–Trinajstić information content (AvgIpc) is 2.87. The summed E-state index contributed by atoms with van der Waals surface area (Å²) in [6.45, 7) is 1.51. The summed E-state index contributed by atoms with van der Waals surface area (Å²) in [5.41, 5.74) is 0.586. The van der Waals surface area contributed by atoms with E-state index >= 15 is 0 Å². The van der Waals surface area contributed by atoms with E-state index < -0.39 is 14.6 Å². The number of nitrogens with zero attached hydrogens (tertiary/aromatic N) is 3. The van der Waals surface area contributed by atoms with Gasteiger partial charge in [-0.2, -0.15) is 0 Å². The van der Waals surface area contributed by atoms with Gasteiger partial charge in [0, 0.05) is 43.5 Å². The Hall–Kier alpha value is -2.06. The fourth-order valence-electron chi connectivity index (χ4n) is 3.93. The van der Waals surface area contributed by atoms with Crippen molar-refractivity contribution in [1.29, 1.82) is 0 Å². The topological polar surface area (TPSA) is 72.4 Å². The number of likely N-dealkylation sites (tertiary alicyclic amines) is 1. The van der Waals surface area contributed by atoms with Crippen molar-refractivity contribution in [3.05, 3.63) is 54.1 Å². The second kappa shape index (κ2) is 6.59. The summed E-state index contributed by atoms with van der Waals surface area (Å²) in [6.07, 6.45) is 3.74. The number of halogens is 1. The quantitative estimate of drug-likeness (QED) is 0.790. The summed E-state index contributed by atoms with van der Waals surface area (Å²) in [5, 5.41) is 0. The van der Waals surface area contributed by atoms with Crippen molar-refractivity contribution in [3.8, 4) is 6.01 Å². The van der Waals surface area contributed by atoms with Gasteiger partial charge < -0.3 is 4.74 Å². The first-order chi connectivity index (χ1) is 12.5. The zero-order valence-corrected chi connectivity index (χ0v) is 15.0. The van der Waals surface area contributed by atoms with Crippen LogP contribution in [0.4, 0.5) is 4.39 Å². The van der Waals surface area contributed by atoms with Gasteiger partial charge in [-0.15, -0.1) is 0 Å². The highest BCUT2D eigenvalue weighted by atomic mass is 32.2. The maximum Gasteiger partial charge on any atom is 0.316 e. The Balaban J connectivity index is 1.44. The summed E-state index contributed by atoms with van der Waals surface area (Å²) in [6, 6.07) is 8.55. The summed E-state index contributed by atoms with van der Waals surface area (Å²) in [5.74, 6) is -0.193. The monoisotopic (exact) mass is 377 g/mol. The second-order valence-electron chi connectivity index (χ2n) is 6.95. The van der Waals surface area contributed by atoms with Crippen LogP contribution in [-0.2, 0) is 16.4 Å². The third-order valence-corrected chi connectivity index (χ3v) is 7.99. The Bertz CT molecular complexity index is 886. The highest BCUT2D eigenvalue weighted by Crippen LogP contribution is 2.45. The first-order valence-corrected chi connectivity index (χ1v) is 10.2. The van der Waals surface area contributed by atoms with Crippen LogP contribution in [-0.4, -0.2) is 53.5 Å². The van der Waals surface area contributed by atoms with E-state index in [-0.39, 0.29) is 30.1 Å². The number of hydrogen-bond acceptors (Lipinski definition) is 6. The van der Waals surface area contributed by atoms with E-state index in [2.05, 4.69) is 9.97 Å². The zero-order chi connectivity index (χ0) is 18.2. The summed E-state index contributed by atoms with van der Waals surface area (Å²) < 4.78 is 44.0. The van der Waals surface area contributed by atoms with Crippen LogP contribution < -0.4 is 4.74 Å². The van der Waals surface area contributed by atoms with Gasteiger partial charge in [-0.25, -0.2) is 22.8 Å². The van der Waals surface area contributed by atoms with Crippen LogP contribution in [0.1, 0.15) is 12.0 Å². The Morgan fingerprint density at radius 1 is 1.19 bits per heavy atom. The van der Waals surface area contributed by atoms with E-state index in [1.54, 1.807) is 36.7 Å². The molecule has 2 fully saturated rings. The van der Waals surface area contributed by atoms with Crippen LogP contribution >= 0.6 is 0 Å². The molecule has 2 saturated heterocycles. The van der Waals surface area contributed by atoms with Gasteiger partial charge in [0.2, 0.25) is 0 Å². The minimum atomic E-state index is -3.19. The highest BCUT2D eigenvalue weighted by molar-refractivity contribution is 7.93. The van der Waals surface area contributed by atoms with Crippen molar-refractivity contribution in [2.45, 2.75) is 17.7 Å². The number of aromatic nitrogens is 2. The molecule has 0 bridgehead atoms. The molecule has 26 heavy (non-hydrogen) atoms. The maximum absolute atomic E-state index is 13.8. The van der Waals surface area contributed by atoms with Gasteiger partial charge in [-0.3, -0.25) is 4.90 Å². The Labute approximate surface area is 151 Å². The lowest BCUT2D eigenvalue weighted by Crippen LogP contribution is -2.67. The van der Waals surface area contributed by atoms with Gasteiger partial charge in [-0.05, 0) is 18.6 Å². The molecule has 0 N–H and O–H groups in total. The van der Waals surface area contributed by atoms with Crippen LogP contribution in [0.2, 0.25) is 0 Å². The van der Waals surface area contributed by atoms with Crippen LogP contribution in [0.25, 0.3) is 0 Å². The van der Waals surface area contributed by atoms with Crippen LogP contribution in [0.15, 0.2) is 42.7 Å². The smallest absolute Gasteiger partial charge is 0.316 e. The lowest BCUT2D eigenvalue weighted by molar-refractivity contribution is 0.0564.